The molecule has 0 aromatic carbocycles. The van der Waals surface area contributed by atoms with Crippen molar-refractivity contribution in [2.75, 3.05) is 0 Å². The molecule has 0 rings (SSSR count). The second-order valence-corrected chi connectivity index (χ2v) is 9.42. The zero-order chi connectivity index (χ0) is 20.7. The minimum absolute atomic E-state index is 0.848. The predicted molar refractivity (Wildman–Crippen MR) is 131 cm³/mol. The molecular weight excluding hydrogens is 336 g/mol. The normalized spacial score (nSPS) is 13.0. The van der Waals surface area contributed by atoms with Crippen molar-refractivity contribution in [1.29, 1.82) is 0 Å². The van der Waals surface area contributed by atoms with Gasteiger partial charge in [0.05, 0.1) is 0 Å². The number of rotatable bonds is 22. The van der Waals surface area contributed by atoms with E-state index in [1.54, 1.807) is 0 Å². The van der Waals surface area contributed by atoms with Gasteiger partial charge in [0.2, 0.25) is 0 Å². The molecule has 0 saturated carbocycles. The average molecular weight is 391 g/mol. The topological polar surface area (TPSA) is 0 Å². The average Bonchev–Trinajstić information content (AvgIpc) is 2.67. The van der Waals surface area contributed by atoms with Gasteiger partial charge in [-0.3, -0.25) is 0 Å². The monoisotopic (exact) mass is 390 g/mol. The summed E-state index contributed by atoms with van der Waals surface area (Å²) >= 11 is 0. The maximum atomic E-state index is 3.92. The lowest BCUT2D eigenvalue weighted by Gasteiger charge is -2.18. The third-order valence-corrected chi connectivity index (χ3v) is 5.95. The zero-order valence-corrected chi connectivity index (χ0v) is 19.9. The van der Waals surface area contributed by atoms with Crippen molar-refractivity contribution in [2.45, 2.75) is 142 Å². The summed E-state index contributed by atoms with van der Waals surface area (Å²) < 4.78 is 0. The molecule has 0 bridgehead atoms. The summed E-state index contributed by atoms with van der Waals surface area (Å²) in [6, 6.07) is 0. The molecule has 0 aliphatic heterocycles. The van der Waals surface area contributed by atoms with Crippen LogP contribution in [0.1, 0.15) is 142 Å². The Kier molecular flexibility index (Phi) is 22.8. The summed E-state index contributed by atoms with van der Waals surface area (Å²) in [6.07, 6.45) is 32.2. The lowest BCUT2D eigenvalue weighted by Crippen LogP contribution is -2.04. The fourth-order valence-corrected chi connectivity index (χ4v) is 4.25. The highest BCUT2D eigenvalue weighted by Crippen LogP contribution is 2.24. The van der Waals surface area contributed by atoms with Gasteiger partial charge >= 0.3 is 0 Å². The van der Waals surface area contributed by atoms with Crippen molar-refractivity contribution in [2.24, 2.45) is 11.8 Å². The Morgan fingerprint density at radius 3 is 1.54 bits per heavy atom. The van der Waals surface area contributed by atoms with E-state index >= 15 is 0 Å². The molecule has 0 heteroatoms. The van der Waals surface area contributed by atoms with Gasteiger partial charge in [-0.1, -0.05) is 136 Å². The SMILES string of the molecule is [CH2]CCCCCCC=CCCC(CCCCCCCCCCC[CH2])CC(C)C. The van der Waals surface area contributed by atoms with E-state index < -0.39 is 0 Å². The van der Waals surface area contributed by atoms with Crippen LogP contribution >= 0.6 is 0 Å². The van der Waals surface area contributed by atoms with E-state index in [4.69, 9.17) is 0 Å². The highest BCUT2D eigenvalue weighted by Gasteiger charge is 2.10. The molecule has 0 saturated heterocycles. The first-order valence-corrected chi connectivity index (χ1v) is 12.9. The third kappa shape index (κ3) is 22.0. The van der Waals surface area contributed by atoms with Gasteiger partial charge in [0, 0.05) is 0 Å². The predicted octanol–water partition coefficient (Wildman–Crippen LogP) is 10.3. The maximum absolute atomic E-state index is 3.92. The first-order chi connectivity index (χ1) is 13.7. The number of hydrogen-bond donors (Lipinski definition) is 0. The number of unbranched alkanes of at least 4 members (excludes halogenated alkanes) is 14. The van der Waals surface area contributed by atoms with Crippen molar-refractivity contribution in [3.05, 3.63) is 26.0 Å². The van der Waals surface area contributed by atoms with Gasteiger partial charge in [0.15, 0.2) is 0 Å². The van der Waals surface area contributed by atoms with Crippen LogP contribution in [0.5, 0.6) is 0 Å². The Morgan fingerprint density at radius 2 is 1.00 bits per heavy atom. The Hall–Kier alpha value is -0.260. The molecule has 0 aromatic heterocycles. The molecule has 166 valence electrons. The van der Waals surface area contributed by atoms with Gasteiger partial charge in [0.25, 0.3) is 0 Å². The van der Waals surface area contributed by atoms with E-state index in [1.807, 2.05) is 0 Å². The highest BCUT2D eigenvalue weighted by molar-refractivity contribution is 4.82. The van der Waals surface area contributed by atoms with Crippen LogP contribution in [0, 0.1) is 25.7 Å². The van der Waals surface area contributed by atoms with Crippen molar-refractivity contribution in [3.63, 3.8) is 0 Å². The summed E-state index contributed by atoms with van der Waals surface area (Å²) in [6.45, 7) is 12.6. The molecule has 0 N–H and O–H groups in total. The largest absolute Gasteiger partial charge is 0.0885 e. The molecule has 1 atom stereocenters. The quantitative estimate of drug-likeness (QED) is 0.127. The second-order valence-electron chi connectivity index (χ2n) is 9.42. The highest BCUT2D eigenvalue weighted by atomic mass is 14.2. The third-order valence-electron chi connectivity index (χ3n) is 5.95. The number of hydrogen-bond acceptors (Lipinski definition) is 0. The molecule has 28 heavy (non-hydrogen) atoms. The van der Waals surface area contributed by atoms with Crippen molar-refractivity contribution >= 4 is 0 Å². The summed E-state index contributed by atoms with van der Waals surface area (Å²) in [5.74, 6) is 1.80. The lowest BCUT2D eigenvalue weighted by atomic mass is 9.88. The minimum atomic E-state index is 0.848. The van der Waals surface area contributed by atoms with Crippen LogP contribution in [0.2, 0.25) is 0 Å². The minimum Gasteiger partial charge on any atom is -0.0885 e. The van der Waals surface area contributed by atoms with Crippen molar-refractivity contribution in [1.82, 2.24) is 0 Å². The van der Waals surface area contributed by atoms with Crippen LogP contribution < -0.4 is 0 Å². The second kappa shape index (κ2) is 23.0. The van der Waals surface area contributed by atoms with Crippen LogP contribution in [0.25, 0.3) is 0 Å². The van der Waals surface area contributed by atoms with Crippen LogP contribution in [0.4, 0.5) is 0 Å². The molecule has 0 aliphatic rings. The molecule has 0 fully saturated rings. The van der Waals surface area contributed by atoms with Gasteiger partial charge in [-0.2, -0.15) is 0 Å². The van der Waals surface area contributed by atoms with E-state index in [1.165, 1.54) is 116 Å². The standard InChI is InChI=1S/C28H54/c1-5-7-9-11-13-15-17-19-21-23-25-28(26-27(3)4)24-22-20-18-16-14-12-10-8-6-2/h18,20,27-28H,1-2,5-17,19,21-26H2,3-4H3. The van der Waals surface area contributed by atoms with E-state index in [9.17, 15) is 0 Å². The van der Waals surface area contributed by atoms with Crippen LogP contribution in [0.15, 0.2) is 12.2 Å². The molecular formula is C28H54. The van der Waals surface area contributed by atoms with Crippen LogP contribution in [-0.4, -0.2) is 0 Å². The maximum Gasteiger partial charge on any atom is -0.0348 e. The van der Waals surface area contributed by atoms with Crippen molar-refractivity contribution in [3.8, 4) is 0 Å². The lowest BCUT2D eigenvalue weighted by molar-refractivity contribution is 0.352. The van der Waals surface area contributed by atoms with Gasteiger partial charge in [-0.25, -0.2) is 0 Å². The van der Waals surface area contributed by atoms with E-state index in [-0.39, 0.29) is 0 Å². The summed E-state index contributed by atoms with van der Waals surface area (Å²) in [7, 11) is 0. The molecule has 0 spiro atoms. The summed E-state index contributed by atoms with van der Waals surface area (Å²) in [5.41, 5.74) is 0. The smallest absolute Gasteiger partial charge is 0.0348 e. The Labute approximate surface area is 180 Å². The van der Waals surface area contributed by atoms with Gasteiger partial charge in [0.1, 0.15) is 0 Å². The van der Waals surface area contributed by atoms with Gasteiger partial charge < -0.3 is 0 Å². The zero-order valence-electron chi connectivity index (χ0n) is 19.9. The molecule has 0 aromatic rings. The Bertz CT molecular complexity index is 301. The Balaban J connectivity index is 3.65. The Morgan fingerprint density at radius 1 is 0.536 bits per heavy atom. The first-order valence-electron chi connectivity index (χ1n) is 12.9. The summed E-state index contributed by atoms with van der Waals surface area (Å²) in [4.78, 5) is 0. The van der Waals surface area contributed by atoms with Gasteiger partial charge in [-0.05, 0) is 43.9 Å². The first kappa shape index (κ1) is 27.7. The van der Waals surface area contributed by atoms with Crippen LogP contribution in [-0.2, 0) is 0 Å². The fourth-order valence-electron chi connectivity index (χ4n) is 4.25. The molecule has 0 heterocycles. The van der Waals surface area contributed by atoms with Crippen LogP contribution in [0.3, 0.4) is 0 Å². The van der Waals surface area contributed by atoms with E-state index in [0.717, 1.165) is 24.7 Å². The number of allylic oxidation sites excluding steroid dienone is 2. The molecule has 0 aliphatic carbocycles. The summed E-state index contributed by atoms with van der Waals surface area (Å²) in [5, 5.41) is 0. The molecule has 0 amide bonds. The van der Waals surface area contributed by atoms with Gasteiger partial charge in [-0.15, -0.1) is 0 Å². The molecule has 1 unspecified atom stereocenters. The van der Waals surface area contributed by atoms with E-state index in [0.29, 0.717) is 0 Å². The van der Waals surface area contributed by atoms with E-state index in [2.05, 4.69) is 39.8 Å². The molecule has 2 radical (unpaired) electrons. The fraction of sp³-hybridized carbons (Fsp3) is 0.857. The van der Waals surface area contributed by atoms with Crippen molar-refractivity contribution < 1.29 is 0 Å². The molecule has 0 nitrogen and oxygen atoms in total.